The SMILES string of the molecule is Brc1nc(N2CCNCC2)cc2ccccc12. The predicted octanol–water partition coefficient (Wildman–Crippen LogP) is 2.41. The topological polar surface area (TPSA) is 28.2 Å². The van der Waals surface area contributed by atoms with Crippen LogP contribution in [0.4, 0.5) is 5.82 Å². The number of hydrogen-bond donors (Lipinski definition) is 1. The molecule has 3 rings (SSSR count). The molecule has 0 atom stereocenters. The van der Waals surface area contributed by atoms with Gasteiger partial charge in [-0.15, -0.1) is 0 Å². The maximum atomic E-state index is 4.64. The lowest BCUT2D eigenvalue weighted by atomic mass is 10.2. The number of anilines is 1. The van der Waals surface area contributed by atoms with Crippen LogP contribution >= 0.6 is 15.9 Å². The number of piperazine rings is 1. The highest BCUT2D eigenvalue weighted by atomic mass is 79.9. The normalized spacial score (nSPS) is 16.4. The largest absolute Gasteiger partial charge is 0.354 e. The Bertz CT molecular complexity index is 535. The van der Waals surface area contributed by atoms with Crippen molar-refractivity contribution in [2.24, 2.45) is 0 Å². The van der Waals surface area contributed by atoms with Gasteiger partial charge in [0.25, 0.3) is 0 Å². The smallest absolute Gasteiger partial charge is 0.130 e. The van der Waals surface area contributed by atoms with Crippen molar-refractivity contribution in [2.45, 2.75) is 0 Å². The minimum atomic E-state index is 0.934. The third-order valence-electron chi connectivity index (χ3n) is 3.12. The maximum Gasteiger partial charge on any atom is 0.130 e. The highest BCUT2D eigenvalue weighted by Crippen LogP contribution is 2.26. The highest BCUT2D eigenvalue weighted by Gasteiger charge is 2.13. The molecule has 0 saturated carbocycles. The first kappa shape index (κ1) is 11.0. The molecule has 1 aromatic carbocycles. The van der Waals surface area contributed by atoms with E-state index in [1.54, 1.807) is 0 Å². The van der Waals surface area contributed by atoms with Crippen molar-refractivity contribution in [3.63, 3.8) is 0 Å². The van der Waals surface area contributed by atoms with Gasteiger partial charge < -0.3 is 10.2 Å². The van der Waals surface area contributed by atoms with Gasteiger partial charge in [0.05, 0.1) is 0 Å². The van der Waals surface area contributed by atoms with Crippen molar-refractivity contribution in [3.05, 3.63) is 34.9 Å². The number of rotatable bonds is 1. The molecule has 4 heteroatoms. The molecule has 1 aromatic heterocycles. The number of pyridine rings is 1. The van der Waals surface area contributed by atoms with Gasteiger partial charge in [-0.2, -0.15) is 0 Å². The van der Waals surface area contributed by atoms with Crippen molar-refractivity contribution < 1.29 is 0 Å². The summed E-state index contributed by atoms with van der Waals surface area (Å²) >= 11 is 3.56. The lowest BCUT2D eigenvalue weighted by Crippen LogP contribution is -2.43. The van der Waals surface area contributed by atoms with Gasteiger partial charge in [-0.25, -0.2) is 4.98 Å². The van der Waals surface area contributed by atoms with Crippen LogP contribution in [-0.4, -0.2) is 31.2 Å². The van der Waals surface area contributed by atoms with E-state index in [4.69, 9.17) is 0 Å². The van der Waals surface area contributed by atoms with Crippen LogP contribution in [0.15, 0.2) is 34.9 Å². The molecule has 88 valence electrons. The molecule has 17 heavy (non-hydrogen) atoms. The Labute approximate surface area is 109 Å². The van der Waals surface area contributed by atoms with E-state index < -0.39 is 0 Å². The summed E-state index contributed by atoms with van der Waals surface area (Å²) in [5, 5.41) is 5.77. The van der Waals surface area contributed by atoms with Crippen LogP contribution in [0.25, 0.3) is 10.8 Å². The van der Waals surface area contributed by atoms with Gasteiger partial charge >= 0.3 is 0 Å². The van der Waals surface area contributed by atoms with E-state index in [2.05, 4.69) is 55.4 Å². The van der Waals surface area contributed by atoms with Crippen molar-refractivity contribution in [3.8, 4) is 0 Å². The molecule has 0 radical (unpaired) electrons. The molecule has 3 nitrogen and oxygen atoms in total. The standard InChI is InChI=1S/C13H14BrN3/c14-13-11-4-2-1-3-10(11)9-12(16-13)17-7-5-15-6-8-17/h1-4,9,15H,5-8H2. The average Bonchev–Trinajstić information content (AvgIpc) is 2.40. The fourth-order valence-corrected chi connectivity index (χ4v) is 2.74. The first-order valence-corrected chi connectivity index (χ1v) is 6.65. The second-order valence-corrected chi connectivity index (χ2v) is 4.98. The summed E-state index contributed by atoms with van der Waals surface area (Å²) in [6, 6.07) is 10.5. The molecule has 1 saturated heterocycles. The summed E-state index contributed by atoms with van der Waals surface area (Å²) in [5.41, 5.74) is 0. The van der Waals surface area contributed by atoms with Crippen LogP contribution in [-0.2, 0) is 0 Å². The first-order chi connectivity index (χ1) is 8.34. The summed E-state index contributed by atoms with van der Waals surface area (Å²) in [5.74, 6) is 1.07. The molecular weight excluding hydrogens is 278 g/mol. The van der Waals surface area contributed by atoms with Crippen LogP contribution in [0.3, 0.4) is 0 Å². The Balaban J connectivity index is 2.05. The Hall–Kier alpha value is -1.13. The van der Waals surface area contributed by atoms with Gasteiger partial charge in [-0.1, -0.05) is 24.3 Å². The van der Waals surface area contributed by atoms with Crippen molar-refractivity contribution >= 4 is 32.5 Å². The Morgan fingerprint density at radius 3 is 2.76 bits per heavy atom. The number of hydrogen-bond acceptors (Lipinski definition) is 3. The first-order valence-electron chi connectivity index (χ1n) is 5.85. The van der Waals surface area contributed by atoms with Crippen LogP contribution < -0.4 is 10.2 Å². The average molecular weight is 292 g/mol. The highest BCUT2D eigenvalue weighted by molar-refractivity contribution is 9.10. The van der Waals surface area contributed by atoms with Crippen molar-refractivity contribution in [2.75, 3.05) is 31.1 Å². The molecule has 1 fully saturated rings. The van der Waals surface area contributed by atoms with E-state index in [9.17, 15) is 0 Å². The van der Waals surface area contributed by atoms with E-state index in [1.165, 1.54) is 10.8 Å². The minimum absolute atomic E-state index is 0.934. The van der Waals surface area contributed by atoms with E-state index >= 15 is 0 Å². The van der Waals surface area contributed by atoms with Crippen molar-refractivity contribution in [1.82, 2.24) is 10.3 Å². The Morgan fingerprint density at radius 1 is 1.18 bits per heavy atom. The number of nitrogens with one attached hydrogen (secondary N) is 1. The molecule has 0 aliphatic carbocycles. The monoisotopic (exact) mass is 291 g/mol. The van der Waals surface area contributed by atoms with Crippen molar-refractivity contribution in [1.29, 1.82) is 0 Å². The van der Waals surface area contributed by atoms with Gasteiger partial charge in [0, 0.05) is 31.6 Å². The Kier molecular flexibility index (Phi) is 2.99. The van der Waals surface area contributed by atoms with Gasteiger partial charge in [0.15, 0.2) is 0 Å². The van der Waals surface area contributed by atoms with Gasteiger partial charge in [0.1, 0.15) is 10.4 Å². The fraction of sp³-hybridized carbons (Fsp3) is 0.308. The van der Waals surface area contributed by atoms with Crippen LogP contribution in [0.5, 0.6) is 0 Å². The summed E-state index contributed by atoms with van der Waals surface area (Å²) in [7, 11) is 0. The number of halogens is 1. The zero-order valence-corrected chi connectivity index (χ0v) is 11.1. The van der Waals surface area contributed by atoms with Gasteiger partial charge in [-0.3, -0.25) is 0 Å². The van der Waals surface area contributed by atoms with Crippen LogP contribution in [0.1, 0.15) is 0 Å². The van der Waals surface area contributed by atoms with Gasteiger partial charge in [-0.05, 0) is 27.4 Å². The maximum absolute atomic E-state index is 4.64. The zero-order chi connectivity index (χ0) is 11.7. The van der Waals surface area contributed by atoms with E-state index in [0.717, 1.165) is 36.6 Å². The summed E-state index contributed by atoms with van der Waals surface area (Å²) < 4.78 is 0.934. The summed E-state index contributed by atoms with van der Waals surface area (Å²) in [6.45, 7) is 4.12. The molecule has 2 aromatic rings. The van der Waals surface area contributed by atoms with Crippen LogP contribution in [0, 0.1) is 0 Å². The third-order valence-corrected chi connectivity index (χ3v) is 3.73. The summed E-state index contributed by atoms with van der Waals surface area (Å²) in [6.07, 6.45) is 0. The third kappa shape index (κ3) is 2.15. The molecular formula is C13H14BrN3. The van der Waals surface area contributed by atoms with E-state index in [0.29, 0.717) is 0 Å². The molecule has 0 bridgehead atoms. The zero-order valence-electron chi connectivity index (χ0n) is 9.49. The molecule has 0 amide bonds. The number of fused-ring (bicyclic) bond motifs is 1. The Morgan fingerprint density at radius 2 is 1.94 bits per heavy atom. The molecule has 2 heterocycles. The van der Waals surface area contributed by atoms with Gasteiger partial charge in [0.2, 0.25) is 0 Å². The number of nitrogens with zero attached hydrogens (tertiary/aromatic N) is 2. The second-order valence-electron chi connectivity index (χ2n) is 4.23. The minimum Gasteiger partial charge on any atom is -0.354 e. The van der Waals surface area contributed by atoms with E-state index in [1.807, 2.05) is 6.07 Å². The quantitative estimate of drug-likeness (QED) is 0.818. The predicted molar refractivity (Wildman–Crippen MR) is 74.5 cm³/mol. The molecule has 0 unspecified atom stereocenters. The fourth-order valence-electron chi connectivity index (χ4n) is 2.20. The molecule has 0 spiro atoms. The lowest BCUT2D eigenvalue weighted by molar-refractivity contribution is 0.585. The molecule has 1 aliphatic heterocycles. The second kappa shape index (κ2) is 4.63. The lowest BCUT2D eigenvalue weighted by Gasteiger charge is -2.28. The molecule has 1 N–H and O–H groups in total. The molecule has 1 aliphatic rings. The van der Waals surface area contributed by atoms with E-state index in [-0.39, 0.29) is 0 Å². The number of benzene rings is 1. The number of aromatic nitrogens is 1. The van der Waals surface area contributed by atoms with Crippen LogP contribution in [0.2, 0.25) is 0 Å². The summed E-state index contributed by atoms with van der Waals surface area (Å²) in [4.78, 5) is 6.97.